The molecule has 0 aliphatic carbocycles. The zero-order valence-electron chi connectivity index (χ0n) is 11.8. The molecule has 1 N–H and O–H groups in total. The second-order valence-corrected chi connectivity index (χ2v) is 6.03. The van der Waals surface area contributed by atoms with Gasteiger partial charge in [0.05, 0.1) is 6.61 Å². The van der Waals surface area contributed by atoms with Gasteiger partial charge in [-0.1, -0.05) is 38.5 Å². The van der Waals surface area contributed by atoms with E-state index in [9.17, 15) is 5.11 Å². The van der Waals surface area contributed by atoms with Crippen LogP contribution in [0.25, 0.3) is 0 Å². The van der Waals surface area contributed by atoms with Crippen molar-refractivity contribution in [1.82, 2.24) is 0 Å². The molecule has 2 rings (SSSR count). The van der Waals surface area contributed by atoms with Crippen LogP contribution in [-0.2, 0) is 6.42 Å². The molecule has 2 nitrogen and oxygen atoms in total. The molecule has 2 heteroatoms. The minimum Gasteiger partial charge on any atom is -0.396 e. The number of rotatable bonds is 5. The van der Waals surface area contributed by atoms with Crippen LogP contribution in [0.3, 0.4) is 0 Å². The van der Waals surface area contributed by atoms with E-state index < -0.39 is 0 Å². The van der Waals surface area contributed by atoms with Crippen LogP contribution in [0.15, 0.2) is 24.3 Å². The van der Waals surface area contributed by atoms with Crippen LogP contribution in [-0.4, -0.2) is 24.3 Å². The van der Waals surface area contributed by atoms with Crippen LogP contribution < -0.4 is 4.90 Å². The summed E-state index contributed by atoms with van der Waals surface area (Å²) in [6.45, 7) is 7.89. The second kappa shape index (κ2) is 5.31. The summed E-state index contributed by atoms with van der Waals surface area (Å²) >= 11 is 0. The second-order valence-electron chi connectivity index (χ2n) is 6.03. The summed E-state index contributed by atoms with van der Waals surface area (Å²) in [5.41, 5.74) is 2.82. The SMILES string of the molecule is CCCC(C)(CO)CN1c2ccccc2CC1C. The summed E-state index contributed by atoms with van der Waals surface area (Å²) < 4.78 is 0. The zero-order chi connectivity index (χ0) is 13.2. The highest BCUT2D eigenvalue weighted by Crippen LogP contribution is 2.35. The fourth-order valence-electron chi connectivity index (χ4n) is 3.09. The number of benzene rings is 1. The van der Waals surface area contributed by atoms with Crippen LogP contribution in [0.1, 0.15) is 39.2 Å². The molecule has 0 saturated carbocycles. The predicted molar refractivity (Wildman–Crippen MR) is 77.1 cm³/mol. The van der Waals surface area contributed by atoms with E-state index in [1.54, 1.807) is 0 Å². The van der Waals surface area contributed by atoms with E-state index in [4.69, 9.17) is 0 Å². The Kier molecular flexibility index (Phi) is 3.96. The van der Waals surface area contributed by atoms with Crippen molar-refractivity contribution in [2.24, 2.45) is 5.41 Å². The average Bonchev–Trinajstić information content (AvgIpc) is 2.66. The molecule has 0 saturated heterocycles. The van der Waals surface area contributed by atoms with E-state index >= 15 is 0 Å². The Balaban J connectivity index is 2.18. The molecule has 1 aromatic carbocycles. The fraction of sp³-hybridized carbons (Fsp3) is 0.625. The van der Waals surface area contributed by atoms with Crippen molar-refractivity contribution in [1.29, 1.82) is 0 Å². The number of hydrogen-bond donors (Lipinski definition) is 1. The lowest BCUT2D eigenvalue weighted by molar-refractivity contribution is 0.135. The van der Waals surface area contributed by atoms with Gasteiger partial charge in [0.2, 0.25) is 0 Å². The van der Waals surface area contributed by atoms with Crippen molar-refractivity contribution in [3.05, 3.63) is 29.8 Å². The topological polar surface area (TPSA) is 23.5 Å². The quantitative estimate of drug-likeness (QED) is 0.863. The van der Waals surface area contributed by atoms with Gasteiger partial charge in [0.1, 0.15) is 0 Å². The predicted octanol–water partition coefficient (Wildman–Crippen LogP) is 3.24. The number of nitrogens with zero attached hydrogens (tertiary/aromatic N) is 1. The first-order valence-electron chi connectivity index (χ1n) is 7.05. The van der Waals surface area contributed by atoms with E-state index in [-0.39, 0.29) is 12.0 Å². The van der Waals surface area contributed by atoms with Gasteiger partial charge in [0.25, 0.3) is 0 Å². The Morgan fingerprint density at radius 1 is 1.39 bits per heavy atom. The largest absolute Gasteiger partial charge is 0.396 e. The highest BCUT2D eigenvalue weighted by molar-refractivity contribution is 5.59. The number of aliphatic hydroxyl groups excluding tert-OH is 1. The van der Waals surface area contributed by atoms with Gasteiger partial charge in [-0.25, -0.2) is 0 Å². The number of hydrogen-bond acceptors (Lipinski definition) is 2. The van der Waals surface area contributed by atoms with Crippen molar-refractivity contribution in [3.8, 4) is 0 Å². The van der Waals surface area contributed by atoms with E-state index in [1.807, 2.05) is 0 Å². The van der Waals surface area contributed by atoms with Crippen molar-refractivity contribution in [2.45, 2.75) is 46.1 Å². The zero-order valence-corrected chi connectivity index (χ0v) is 11.8. The number of fused-ring (bicyclic) bond motifs is 1. The Hall–Kier alpha value is -1.02. The maximum atomic E-state index is 9.68. The molecule has 1 aliphatic heterocycles. The van der Waals surface area contributed by atoms with Crippen molar-refractivity contribution in [3.63, 3.8) is 0 Å². The minimum atomic E-state index is 0.0143. The summed E-state index contributed by atoms with van der Waals surface area (Å²) in [4.78, 5) is 2.47. The van der Waals surface area contributed by atoms with Gasteiger partial charge >= 0.3 is 0 Å². The standard InChI is InChI=1S/C16H25NO/c1-4-9-16(3,12-18)11-17-13(2)10-14-7-5-6-8-15(14)17/h5-8,13,18H,4,9-12H2,1-3H3. The molecule has 18 heavy (non-hydrogen) atoms. The number of anilines is 1. The normalized spacial score (nSPS) is 21.8. The maximum absolute atomic E-state index is 9.68. The van der Waals surface area contributed by atoms with Gasteiger partial charge in [-0.2, -0.15) is 0 Å². The molecule has 2 unspecified atom stereocenters. The Morgan fingerprint density at radius 2 is 2.11 bits per heavy atom. The molecule has 100 valence electrons. The van der Waals surface area contributed by atoms with Gasteiger partial charge in [0.15, 0.2) is 0 Å². The van der Waals surface area contributed by atoms with E-state index in [0.29, 0.717) is 6.04 Å². The Morgan fingerprint density at radius 3 is 2.78 bits per heavy atom. The van der Waals surface area contributed by atoms with Crippen molar-refractivity contribution in [2.75, 3.05) is 18.1 Å². The summed E-state index contributed by atoms with van der Waals surface area (Å²) in [7, 11) is 0. The number of para-hydroxylation sites is 1. The highest BCUT2D eigenvalue weighted by atomic mass is 16.3. The van der Waals surface area contributed by atoms with Crippen LogP contribution >= 0.6 is 0 Å². The lowest BCUT2D eigenvalue weighted by atomic mass is 9.85. The first-order chi connectivity index (χ1) is 8.59. The Bertz CT molecular complexity index is 404. The van der Waals surface area contributed by atoms with E-state index in [2.05, 4.69) is 49.9 Å². The first kappa shape index (κ1) is 13.4. The third kappa shape index (κ3) is 2.54. The molecular formula is C16H25NO. The molecule has 1 heterocycles. The molecule has 0 spiro atoms. The van der Waals surface area contributed by atoms with Gasteiger partial charge in [0, 0.05) is 23.7 Å². The fourth-order valence-corrected chi connectivity index (χ4v) is 3.09. The molecule has 1 aliphatic rings. The monoisotopic (exact) mass is 247 g/mol. The molecule has 1 aromatic rings. The number of aliphatic hydroxyl groups is 1. The van der Waals surface area contributed by atoms with Gasteiger partial charge in [-0.3, -0.25) is 0 Å². The average molecular weight is 247 g/mol. The van der Waals surface area contributed by atoms with Crippen molar-refractivity contribution < 1.29 is 5.11 Å². The molecule has 0 fully saturated rings. The Labute approximate surface area is 111 Å². The lowest BCUT2D eigenvalue weighted by Crippen LogP contribution is -2.41. The molecule has 0 bridgehead atoms. The van der Waals surface area contributed by atoms with Crippen LogP contribution in [0.5, 0.6) is 0 Å². The maximum Gasteiger partial charge on any atom is 0.0501 e. The molecule has 2 atom stereocenters. The molecular weight excluding hydrogens is 222 g/mol. The molecule has 0 aromatic heterocycles. The lowest BCUT2D eigenvalue weighted by Gasteiger charge is -2.36. The highest BCUT2D eigenvalue weighted by Gasteiger charge is 2.32. The van der Waals surface area contributed by atoms with E-state index in [0.717, 1.165) is 25.8 Å². The third-order valence-corrected chi connectivity index (χ3v) is 4.14. The van der Waals surface area contributed by atoms with Gasteiger partial charge in [-0.05, 0) is 31.4 Å². The minimum absolute atomic E-state index is 0.0143. The van der Waals surface area contributed by atoms with Crippen LogP contribution in [0.4, 0.5) is 5.69 Å². The first-order valence-corrected chi connectivity index (χ1v) is 7.05. The summed E-state index contributed by atoms with van der Waals surface area (Å²) in [6.07, 6.45) is 3.33. The van der Waals surface area contributed by atoms with Crippen LogP contribution in [0.2, 0.25) is 0 Å². The third-order valence-electron chi connectivity index (χ3n) is 4.14. The van der Waals surface area contributed by atoms with Crippen LogP contribution in [0, 0.1) is 5.41 Å². The smallest absolute Gasteiger partial charge is 0.0501 e. The van der Waals surface area contributed by atoms with E-state index in [1.165, 1.54) is 11.3 Å². The van der Waals surface area contributed by atoms with Crippen molar-refractivity contribution >= 4 is 5.69 Å². The summed E-state index contributed by atoms with van der Waals surface area (Å²) in [5, 5.41) is 9.68. The summed E-state index contributed by atoms with van der Waals surface area (Å²) in [5.74, 6) is 0. The molecule has 0 radical (unpaired) electrons. The van der Waals surface area contributed by atoms with Gasteiger partial charge < -0.3 is 10.0 Å². The molecule has 0 amide bonds. The summed E-state index contributed by atoms with van der Waals surface area (Å²) in [6, 6.07) is 9.21. The van der Waals surface area contributed by atoms with Gasteiger partial charge in [-0.15, -0.1) is 0 Å².